The number of nitrogens with one attached hydrogen (secondary N) is 1. The van der Waals surface area contributed by atoms with Crippen LogP contribution in [0, 0.1) is 0 Å². The van der Waals surface area contributed by atoms with E-state index in [2.05, 4.69) is 10.3 Å². The summed E-state index contributed by atoms with van der Waals surface area (Å²) in [5, 5.41) is 3.66. The van der Waals surface area contributed by atoms with Gasteiger partial charge < -0.3 is 5.32 Å². The van der Waals surface area contributed by atoms with Gasteiger partial charge in [-0.3, -0.25) is 14.0 Å². The minimum absolute atomic E-state index is 0.153. The molecule has 0 aliphatic heterocycles. The van der Waals surface area contributed by atoms with Crippen molar-refractivity contribution in [1.82, 2.24) is 10.3 Å². The molecule has 1 aromatic heterocycles. The van der Waals surface area contributed by atoms with Gasteiger partial charge in [-0.1, -0.05) is 12.1 Å². The van der Waals surface area contributed by atoms with E-state index in [1.807, 2.05) is 45.0 Å². The third kappa shape index (κ3) is 3.88. The molecule has 1 heterocycles. The second-order valence-electron chi connectivity index (χ2n) is 5.79. The summed E-state index contributed by atoms with van der Waals surface area (Å²) in [5.74, 6) is 0.303. The van der Waals surface area contributed by atoms with Gasteiger partial charge in [0.05, 0.1) is 5.52 Å². The molecule has 1 atom stereocenters. The molecule has 0 spiro atoms. The van der Waals surface area contributed by atoms with Crippen LogP contribution in [0.25, 0.3) is 10.9 Å². The molecule has 0 aliphatic rings. The van der Waals surface area contributed by atoms with Gasteiger partial charge in [-0.25, -0.2) is 0 Å². The quantitative estimate of drug-likeness (QED) is 0.944. The highest BCUT2D eigenvalue weighted by atomic mass is 32.2. The number of nitrogens with zero attached hydrogens (tertiary/aromatic N) is 1. The zero-order chi connectivity index (χ0) is 15.5. The number of fused-ring (bicyclic) bond motifs is 1. The van der Waals surface area contributed by atoms with Crippen LogP contribution in [-0.2, 0) is 10.8 Å². The van der Waals surface area contributed by atoms with Crippen molar-refractivity contribution in [2.75, 3.05) is 12.3 Å². The first-order valence-electron chi connectivity index (χ1n) is 6.90. The molecule has 1 aromatic carbocycles. The molecular formula is C16H20N2O2S. The van der Waals surface area contributed by atoms with Crippen molar-refractivity contribution in [3.8, 4) is 0 Å². The molecule has 21 heavy (non-hydrogen) atoms. The molecule has 1 N–H and O–H groups in total. The molecule has 0 unspecified atom stereocenters. The van der Waals surface area contributed by atoms with Gasteiger partial charge in [0.2, 0.25) is 0 Å². The number of rotatable bonds is 4. The first-order valence-corrected chi connectivity index (χ1v) is 8.22. The van der Waals surface area contributed by atoms with Gasteiger partial charge in [0.1, 0.15) is 0 Å². The second kappa shape index (κ2) is 6.35. The predicted molar refractivity (Wildman–Crippen MR) is 86.8 cm³/mol. The third-order valence-electron chi connectivity index (χ3n) is 3.15. The van der Waals surface area contributed by atoms with Crippen LogP contribution in [0.1, 0.15) is 31.1 Å². The van der Waals surface area contributed by atoms with Crippen molar-refractivity contribution in [3.63, 3.8) is 0 Å². The van der Waals surface area contributed by atoms with E-state index in [1.165, 1.54) is 0 Å². The summed E-state index contributed by atoms with van der Waals surface area (Å²) in [4.78, 5) is 16.5. The highest BCUT2D eigenvalue weighted by Crippen LogP contribution is 2.16. The van der Waals surface area contributed by atoms with Crippen molar-refractivity contribution >= 4 is 27.6 Å². The Morgan fingerprint density at radius 2 is 2.00 bits per heavy atom. The number of aromatic nitrogens is 1. The van der Waals surface area contributed by atoms with Crippen molar-refractivity contribution in [2.24, 2.45) is 0 Å². The Bertz CT molecular complexity index is 672. The van der Waals surface area contributed by atoms with Gasteiger partial charge in [0.15, 0.2) is 0 Å². The van der Waals surface area contributed by atoms with E-state index in [1.54, 1.807) is 12.3 Å². The minimum atomic E-state index is -0.964. The van der Waals surface area contributed by atoms with Gasteiger partial charge in [0, 0.05) is 45.0 Å². The van der Waals surface area contributed by atoms with Crippen molar-refractivity contribution < 1.29 is 9.00 Å². The van der Waals surface area contributed by atoms with Crippen molar-refractivity contribution in [3.05, 3.63) is 42.1 Å². The van der Waals surface area contributed by atoms with Crippen LogP contribution in [0.15, 0.2) is 36.5 Å². The van der Waals surface area contributed by atoms with Gasteiger partial charge >= 0.3 is 0 Å². The Labute approximate surface area is 127 Å². The second-order valence-corrected chi connectivity index (χ2v) is 8.12. The van der Waals surface area contributed by atoms with E-state index in [4.69, 9.17) is 0 Å². The Morgan fingerprint density at radius 1 is 1.24 bits per heavy atom. The molecular weight excluding hydrogens is 284 g/mol. The maximum atomic E-state index is 12.3. The summed E-state index contributed by atoms with van der Waals surface area (Å²) in [6, 6.07) is 9.16. The summed E-state index contributed by atoms with van der Waals surface area (Å²) in [7, 11) is -0.964. The third-order valence-corrected chi connectivity index (χ3v) is 5.09. The Morgan fingerprint density at radius 3 is 2.71 bits per heavy atom. The molecule has 0 saturated carbocycles. The summed E-state index contributed by atoms with van der Waals surface area (Å²) < 4.78 is 11.7. The van der Waals surface area contributed by atoms with Crippen molar-refractivity contribution in [1.29, 1.82) is 0 Å². The molecule has 0 saturated heterocycles. The summed E-state index contributed by atoms with van der Waals surface area (Å²) in [5.41, 5.74) is 1.39. The highest BCUT2D eigenvalue weighted by Gasteiger charge is 2.19. The van der Waals surface area contributed by atoms with Gasteiger partial charge in [-0.05, 0) is 39.0 Å². The number of carbonyl (C=O) groups excluding carboxylic acids is 1. The molecule has 0 radical (unpaired) electrons. The van der Waals surface area contributed by atoms with E-state index in [9.17, 15) is 9.00 Å². The van der Waals surface area contributed by atoms with Crippen molar-refractivity contribution in [2.45, 2.75) is 25.5 Å². The number of benzene rings is 1. The van der Waals surface area contributed by atoms with E-state index >= 15 is 0 Å². The Balaban J connectivity index is 2.05. The van der Waals surface area contributed by atoms with E-state index in [-0.39, 0.29) is 10.7 Å². The van der Waals surface area contributed by atoms with E-state index in [0.29, 0.717) is 17.9 Å². The standard InChI is InChI=1S/C16H20N2O2S/c1-16(2,3)21(20)11-10-18-15(19)13-6-4-8-14-12(13)7-5-9-17-14/h4-9H,10-11H2,1-3H3,(H,18,19)/t21-/m1/s1. The lowest BCUT2D eigenvalue weighted by Crippen LogP contribution is -2.32. The van der Waals surface area contributed by atoms with Crippen LogP contribution in [0.3, 0.4) is 0 Å². The molecule has 0 fully saturated rings. The fourth-order valence-corrected chi connectivity index (χ4v) is 2.86. The first kappa shape index (κ1) is 15.6. The molecule has 0 bridgehead atoms. The van der Waals surface area contributed by atoms with E-state index in [0.717, 1.165) is 10.9 Å². The maximum absolute atomic E-state index is 12.3. The lowest BCUT2D eigenvalue weighted by molar-refractivity contribution is 0.0957. The largest absolute Gasteiger partial charge is 0.351 e. The number of hydrogen-bond donors (Lipinski definition) is 1. The Kier molecular flexibility index (Phi) is 4.73. The van der Waals surface area contributed by atoms with Crippen LogP contribution < -0.4 is 5.32 Å². The van der Waals surface area contributed by atoms with Gasteiger partial charge in [-0.2, -0.15) is 0 Å². The summed E-state index contributed by atoms with van der Waals surface area (Å²) >= 11 is 0. The first-order chi connectivity index (χ1) is 9.89. The fraction of sp³-hybridized carbons (Fsp3) is 0.375. The smallest absolute Gasteiger partial charge is 0.251 e. The number of amides is 1. The number of pyridine rings is 1. The lowest BCUT2D eigenvalue weighted by Gasteiger charge is -2.17. The van der Waals surface area contributed by atoms with E-state index < -0.39 is 10.8 Å². The number of carbonyl (C=O) groups is 1. The average Bonchev–Trinajstić information content (AvgIpc) is 2.45. The summed E-state index contributed by atoms with van der Waals surface area (Å²) in [6.45, 7) is 6.20. The monoisotopic (exact) mass is 304 g/mol. The highest BCUT2D eigenvalue weighted by molar-refractivity contribution is 7.86. The molecule has 4 nitrogen and oxygen atoms in total. The topological polar surface area (TPSA) is 59.1 Å². The Hall–Kier alpha value is -1.75. The lowest BCUT2D eigenvalue weighted by atomic mass is 10.1. The summed E-state index contributed by atoms with van der Waals surface area (Å²) in [6.07, 6.45) is 1.70. The van der Waals surface area contributed by atoms with Crippen LogP contribution in [0.4, 0.5) is 0 Å². The normalized spacial score (nSPS) is 13.1. The zero-order valence-corrected chi connectivity index (χ0v) is 13.4. The molecule has 5 heteroatoms. The number of hydrogen-bond acceptors (Lipinski definition) is 3. The molecule has 1 amide bonds. The zero-order valence-electron chi connectivity index (χ0n) is 12.6. The van der Waals surface area contributed by atoms with Crippen LogP contribution in [0.2, 0.25) is 0 Å². The molecule has 112 valence electrons. The SMILES string of the molecule is CC(C)(C)[S@](=O)CCNC(=O)c1cccc2ncccc12. The molecule has 2 aromatic rings. The average molecular weight is 304 g/mol. The fourth-order valence-electron chi connectivity index (χ4n) is 1.96. The molecule has 0 aliphatic carbocycles. The minimum Gasteiger partial charge on any atom is -0.351 e. The van der Waals surface area contributed by atoms with Gasteiger partial charge in [0.25, 0.3) is 5.91 Å². The van der Waals surface area contributed by atoms with Crippen LogP contribution >= 0.6 is 0 Å². The van der Waals surface area contributed by atoms with Gasteiger partial charge in [-0.15, -0.1) is 0 Å². The molecule has 2 rings (SSSR count). The van der Waals surface area contributed by atoms with Crippen LogP contribution in [-0.4, -0.2) is 32.1 Å². The predicted octanol–water partition coefficient (Wildman–Crippen LogP) is 2.51. The maximum Gasteiger partial charge on any atom is 0.251 e. The van der Waals surface area contributed by atoms with Crippen LogP contribution in [0.5, 0.6) is 0 Å².